The molecule has 6 nitrogen and oxygen atoms in total. The number of aliphatic imine (C=N–C) groups is 1. The lowest BCUT2D eigenvalue weighted by atomic mass is 9.47. The van der Waals surface area contributed by atoms with Gasteiger partial charge in [0.25, 0.3) is 0 Å². The third-order valence-electron chi connectivity index (χ3n) is 11.8. The Morgan fingerprint density at radius 2 is 1.85 bits per heavy atom. The van der Waals surface area contributed by atoms with Crippen molar-refractivity contribution in [2.45, 2.75) is 124 Å². The number of alkyl carbamates (subject to hydrolysis) is 1. The molecule has 0 spiro atoms. The molecule has 3 saturated carbocycles. The summed E-state index contributed by atoms with van der Waals surface area (Å²) in [5, 5.41) is 2.86. The average molecular weight is 557 g/mol. The van der Waals surface area contributed by atoms with Gasteiger partial charge in [0.1, 0.15) is 11.9 Å². The van der Waals surface area contributed by atoms with Crippen molar-refractivity contribution >= 4 is 11.9 Å². The summed E-state index contributed by atoms with van der Waals surface area (Å²) < 4.78 is 5.94. The van der Waals surface area contributed by atoms with Gasteiger partial charge >= 0.3 is 6.09 Å². The van der Waals surface area contributed by atoms with Crippen LogP contribution in [0.2, 0.25) is 0 Å². The van der Waals surface area contributed by atoms with Crippen LogP contribution < -0.4 is 16.8 Å². The summed E-state index contributed by atoms with van der Waals surface area (Å²) in [7, 11) is 0. The van der Waals surface area contributed by atoms with Gasteiger partial charge in [-0.1, -0.05) is 65.5 Å². The Hall–Kier alpha value is -1.40. The van der Waals surface area contributed by atoms with Crippen molar-refractivity contribution in [1.82, 2.24) is 5.32 Å². The van der Waals surface area contributed by atoms with Gasteiger partial charge in [-0.2, -0.15) is 0 Å². The van der Waals surface area contributed by atoms with E-state index in [-0.39, 0.29) is 11.5 Å². The number of hydrogen-bond acceptors (Lipinski definition) is 5. The minimum atomic E-state index is -0.393. The number of rotatable bonds is 11. The second-order valence-electron chi connectivity index (χ2n) is 14.7. The van der Waals surface area contributed by atoms with E-state index in [9.17, 15) is 4.79 Å². The number of amides is 1. The number of allylic oxidation sites excluding steroid dienone is 1. The van der Waals surface area contributed by atoms with E-state index >= 15 is 0 Å². The van der Waals surface area contributed by atoms with Crippen molar-refractivity contribution in [2.24, 2.45) is 62.8 Å². The average Bonchev–Trinajstić information content (AvgIpc) is 3.26. The van der Waals surface area contributed by atoms with Crippen LogP contribution in [-0.4, -0.2) is 37.7 Å². The molecular formula is C34H60N4O2. The fourth-order valence-electron chi connectivity index (χ4n) is 9.67. The Kier molecular flexibility index (Phi) is 10.8. The van der Waals surface area contributed by atoms with Gasteiger partial charge in [0, 0.05) is 19.4 Å². The molecule has 40 heavy (non-hydrogen) atoms. The Bertz CT molecular complexity index is 916. The molecule has 0 aromatic heterocycles. The van der Waals surface area contributed by atoms with Crippen LogP contribution in [0.1, 0.15) is 118 Å². The number of amidine groups is 1. The Morgan fingerprint density at radius 1 is 1.05 bits per heavy atom. The summed E-state index contributed by atoms with van der Waals surface area (Å²) >= 11 is 0. The van der Waals surface area contributed by atoms with Gasteiger partial charge in [0.2, 0.25) is 0 Å². The largest absolute Gasteiger partial charge is 0.446 e. The predicted molar refractivity (Wildman–Crippen MR) is 166 cm³/mol. The number of nitrogens with zero attached hydrogens (tertiary/aromatic N) is 1. The van der Waals surface area contributed by atoms with Crippen LogP contribution in [0.25, 0.3) is 0 Å². The topological polar surface area (TPSA) is 103 Å². The van der Waals surface area contributed by atoms with Gasteiger partial charge in [-0.3, -0.25) is 10.3 Å². The first-order valence-corrected chi connectivity index (χ1v) is 16.7. The summed E-state index contributed by atoms with van der Waals surface area (Å²) in [5.41, 5.74) is 13.6. The Morgan fingerprint density at radius 3 is 2.58 bits per heavy atom. The van der Waals surface area contributed by atoms with E-state index in [0.29, 0.717) is 37.3 Å². The number of ether oxygens (including phenoxy) is 1. The summed E-state index contributed by atoms with van der Waals surface area (Å²) in [4.78, 5) is 17.2. The number of carbonyl (C=O) groups is 1. The molecule has 0 radical (unpaired) electrons. The van der Waals surface area contributed by atoms with E-state index in [4.69, 9.17) is 16.2 Å². The second-order valence-corrected chi connectivity index (χ2v) is 14.7. The maximum absolute atomic E-state index is 12.7. The van der Waals surface area contributed by atoms with Crippen molar-refractivity contribution in [3.05, 3.63) is 11.6 Å². The molecule has 1 amide bonds. The first-order valence-electron chi connectivity index (χ1n) is 16.7. The predicted octanol–water partition coefficient (Wildman–Crippen LogP) is 7.22. The van der Waals surface area contributed by atoms with E-state index in [0.717, 1.165) is 61.2 Å². The Balaban J connectivity index is 1.37. The van der Waals surface area contributed by atoms with Gasteiger partial charge in [0.15, 0.2) is 0 Å². The zero-order valence-corrected chi connectivity index (χ0v) is 26.4. The highest BCUT2D eigenvalue weighted by Gasteiger charge is 2.59. The highest BCUT2D eigenvalue weighted by atomic mass is 16.6. The third-order valence-corrected chi connectivity index (χ3v) is 11.8. The van der Waals surface area contributed by atoms with E-state index in [1.165, 1.54) is 51.4 Å². The molecule has 0 heterocycles. The zero-order valence-electron chi connectivity index (χ0n) is 26.4. The second kappa shape index (κ2) is 13.7. The molecule has 0 aliphatic heterocycles. The molecule has 4 aliphatic carbocycles. The van der Waals surface area contributed by atoms with Crippen molar-refractivity contribution in [1.29, 1.82) is 0 Å². The highest BCUT2D eigenvalue weighted by molar-refractivity contribution is 5.95. The summed E-state index contributed by atoms with van der Waals surface area (Å²) in [6.45, 7) is 14.1. The maximum atomic E-state index is 12.7. The van der Waals surface area contributed by atoms with Crippen molar-refractivity contribution in [2.75, 3.05) is 19.6 Å². The normalized spacial score (nSPS) is 36.4. The highest BCUT2D eigenvalue weighted by Crippen LogP contribution is 2.67. The molecule has 4 rings (SSSR count). The van der Waals surface area contributed by atoms with Crippen LogP contribution in [0.4, 0.5) is 4.79 Å². The van der Waals surface area contributed by atoms with E-state index < -0.39 is 6.09 Å². The standard InChI is InChI=1S/C34H60N4O2/c1-23(2)8-6-9-24(3)28-12-13-29-27-11-10-25-22-26(14-17-33(25,4)30(27)15-18-34(28,29)5)40-32(39)38-31(16-20-36)37-21-7-19-35/h10,23-24,26-30H,6-9,11-22,35-36H2,1-5H3,(H,37,38,39)/t24-,26+,27+,28-,29+,30+,33+,34-/m1/s1. The van der Waals surface area contributed by atoms with E-state index in [2.05, 4.69) is 51.0 Å². The molecule has 0 aromatic rings. The van der Waals surface area contributed by atoms with Gasteiger partial charge < -0.3 is 16.2 Å². The molecule has 0 bridgehead atoms. The van der Waals surface area contributed by atoms with E-state index in [1.54, 1.807) is 5.57 Å². The molecule has 0 saturated heterocycles. The molecule has 3 fully saturated rings. The van der Waals surface area contributed by atoms with Crippen LogP contribution in [0.5, 0.6) is 0 Å². The lowest BCUT2D eigenvalue weighted by Crippen LogP contribution is -2.51. The minimum absolute atomic E-state index is 0.0598. The molecule has 5 N–H and O–H groups in total. The van der Waals surface area contributed by atoms with Crippen molar-refractivity contribution < 1.29 is 9.53 Å². The van der Waals surface area contributed by atoms with Gasteiger partial charge in [0.05, 0.1) is 0 Å². The fourth-order valence-corrected chi connectivity index (χ4v) is 9.67. The van der Waals surface area contributed by atoms with Gasteiger partial charge in [-0.25, -0.2) is 4.79 Å². The summed E-state index contributed by atoms with van der Waals surface area (Å²) in [5.74, 6) is 5.65. The van der Waals surface area contributed by atoms with Gasteiger partial charge in [-0.05, 0) is 111 Å². The molecule has 6 heteroatoms. The van der Waals surface area contributed by atoms with Gasteiger partial charge in [-0.15, -0.1) is 0 Å². The van der Waals surface area contributed by atoms with Crippen LogP contribution in [0.15, 0.2) is 16.6 Å². The van der Waals surface area contributed by atoms with Crippen LogP contribution in [-0.2, 0) is 4.74 Å². The number of carbonyl (C=O) groups excluding carboxylic acids is 1. The fraction of sp³-hybridized carbons (Fsp3) is 0.882. The van der Waals surface area contributed by atoms with Crippen LogP contribution >= 0.6 is 0 Å². The SMILES string of the molecule is CC(C)CCC[C@@H](C)[C@H]1CC[C@H]2[C@@H]3CC=C4C[C@@H](OC(=O)NC(CCN)=NCCCN)CC[C@]4(C)[C@H]3CC[C@]12C. The zero-order chi connectivity index (χ0) is 28.9. The summed E-state index contributed by atoms with van der Waals surface area (Å²) in [6, 6.07) is 0. The lowest BCUT2D eigenvalue weighted by molar-refractivity contribution is -0.0580. The molecule has 4 aliphatic rings. The monoisotopic (exact) mass is 556 g/mol. The number of hydrogen-bond donors (Lipinski definition) is 3. The first kappa shape index (κ1) is 31.5. The first-order chi connectivity index (χ1) is 19.1. The smallest absolute Gasteiger partial charge is 0.412 e. The molecule has 0 unspecified atom stereocenters. The third kappa shape index (κ3) is 6.80. The number of nitrogens with two attached hydrogens (primary N) is 2. The molecule has 8 atom stereocenters. The number of fused-ring (bicyclic) bond motifs is 5. The molecule has 228 valence electrons. The van der Waals surface area contributed by atoms with Crippen molar-refractivity contribution in [3.8, 4) is 0 Å². The summed E-state index contributed by atoms with van der Waals surface area (Å²) in [6.07, 6.45) is 17.4. The quantitative estimate of drug-likeness (QED) is 0.108. The molecule has 0 aromatic carbocycles. The molecular weight excluding hydrogens is 496 g/mol. The van der Waals surface area contributed by atoms with Crippen LogP contribution in [0, 0.1) is 46.3 Å². The Labute approximate surface area is 244 Å². The lowest BCUT2D eigenvalue weighted by Gasteiger charge is -2.58. The number of nitrogens with one attached hydrogen (secondary N) is 1. The van der Waals surface area contributed by atoms with Crippen molar-refractivity contribution in [3.63, 3.8) is 0 Å². The minimum Gasteiger partial charge on any atom is -0.446 e. The van der Waals surface area contributed by atoms with E-state index in [1.807, 2.05) is 0 Å². The maximum Gasteiger partial charge on any atom is 0.412 e. The van der Waals surface area contributed by atoms with Crippen LogP contribution in [0.3, 0.4) is 0 Å².